The van der Waals surface area contributed by atoms with Crippen molar-refractivity contribution >= 4 is 5.82 Å². The summed E-state index contributed by atoms with van der Waals surface area (Å²) in [5, 5.41) is 9.34. The number of hydrogen-bond donors (Lipinski definition) is 1. The largest absolute Gasteiger partial charge is 0.384 e. The minimum atomic E-state index is 0.549. The van der Waals surface area contributed by atoms with Gasteiger partial charge in [0.25, 0.3) is 0 Å². The number of nitriles is 1. The van der Waals surface area contributed by atoms with E-state index in [1.54, 1.807) is 0 Å². The molecule has 0 aliphatic heterocycles. The molecule has 2 aliphatic rings. The summed E-state index contributed by atoms with van der Waals surface area (Å²) in [6.07, 6.45) is 11.0. The van der Waals surface area contributed by atoms with Crippen molar-refractivity contribution in [2.45, 2.75) is 63.8 Å². The molecule has 0 aromatic carbocycles. The highest BCUT2D eigenvalue weighted by Crippen LogP contribution is 2.38. The first kappa shape index (κ1) is 11.6. The van der Waals surface area contributed by atoms with Gasteiger partial charge in [-0.05, 0) is 44.1 Å². The Hall–Kier alpha value is -1.43. The number of nitrogens with two attached hydrogens (primary N) is 1. The normalized spacial score (nSPS) is 20.4. The summed E-state index contributed by atoms with van der Waals surface area (Å²) in [5.41, 5.74) is 9.67. The van der Waals surface area contributed by atoms with Gasteiger partial charge in [0, 0.05) is 11.7 Å². The molecule has 1 heterocycles. The van der Waals surface area contributed by atoms with E-state index < -0.39 is 0 Å². The van der Waals surface area contributed by atoms with Crippen molar-refractivity contribution in [2.24, 2.45) is 0 Å². The summed E-state index contributed by atoms with van der Waals surface area (Å²) in [6, 6.07) is 2.89. The second-order valence-corrected chi connectivity index (χ2v) is 5.67. The van der Waals surface area contributed by atoms with Gasteiger partial charge in [0.2, 0.25) is 0 Å². The Labute approximate surface area is 109 Å². The third kappa shape index (κ3) is 1.71. The molecule has 1 aromatic heterocycles. The van der Waals surface area contributed by atoms with Crippen LogP contribution in [0.25, 0.3) is 0 Å². The molecule has 0 unspecified atom stereocenters. The van der Waals surface area contributed by atoms with Crippen LogP contribution in [-0.4, -0.2) is 4.57 Å². The third-order valence-corrected chi connectivity index (χ3v) is 4.60. The van der Waals surface area contributed by atoms with Crippen molar-refractivity contribution < 1.29 is 0 Å². The van der Waals surface area contributed by atoms with Gasteiger partial charge in [-0.1, -0.05) is 19.3 Å². The van der Waals surface area contributed by atoms with E-state index in [1.807, 2.05) is 0 Å². The number of nitrogens with zero attached hydrogens (tertiary/aromatic N) is 2. The maximum Gasteiger partial charge on any atom is 0.122 e. The summed E-state index contributed by atoms with van der Waals surface area (Å²) in [7, 11) is 0. The van der Waals surface area contributed by atoms with Gasteiger partial charge >= 0.3 is 0 Å². The lowest BCUT2D eigenvalue weighted by Gasteiger charge is -2.27. The lowest BCUT2D eigenvalue weighted by atomic mass is 9.93. The second-order valence-electron chi connectivity index (χ2n) is 5.67. The van der Waals surface area contributed by atoms with Crippen LogP contribution in [0.15, 0.2) is 0 Å². The van der Waals surface area contributed by atoms with E-state index in [0.717, 1.165) is 24.2 Å². The first-order chi connectivity index (χ1) is 8.83. The van der Waals surface area contributed by atoms with Crippen LogP contribution in [0.5, 0.6) is 0 Å². The molecule has 0 atom stereocenters. The minimum absolute atomic E-state index is 0.549. The van der Waals surface area contributed by atoms with E-state index >= 15 is 0 Å². The fourth-order valence-electron chi connectivity index (χ4n) is 3.73. The molecule has 0 amide bonds. The smallest absolute Gasteiger partial charge is 0.122 e. The van der Waals surface area contributed by atoms with Crippen LogP contribution in [-0.2, 0) is 12.8 Å². The summed E-state index contributed by atoms with van der Waals surface area (Å²) >= 11 is 0. The summed E-state index contributed by atoms with van der Waals surface area (Å²) in [5.74, 6) is 0.747. The number of hydrogen-bond acceptors (Lipinski definition) is 2. The van der Waals surface area contributed by atoms with Crippen LogP contribution >= 0.6 is 0 Å². The summed E-state index contributed by atoms with van der Waals surface area (Å²) in [4.78, 5) is 0. The Morgan fingerprint density at radius 1 is 1.06 bits per heavy atom. The first-order valence-electron chi connectivity index (χ1n) is 7.24. The molecule has 0 spiro atoms. The first-order valence-corrected chi connectivity index (χ1v) is 7.24. The summed E-state index contributed by atoms with van der Waals surface area (Å²) < 4.78 is 2.33. The number of rotatable bonds is 1. The van der Waals surface area contributed by atoms with E-state index in [0.29, 0.717) is 6.04 Å². The van der Waals surface area contributed by atoms with Gasteiger partial charge in [0.1, 0.15) is 11.9 Å². The van der Waals surface area contributed by atoms with Crippen LogP contribution in [0, 0.1) is 11.3 Å². The number of fused-ring (bicyclic) bond motifs is 1. The predicted molar refractivity (Wildman–Crippen MR) is 72.3 cm³/mol. The van der Waals surface area contributed by atoms with Gasteiger partial charge in [0.15, 0.2) is 0 Å². The zero-order valence-electron chi connectivity index (χ0n) is 10.9. The van der Waals surface area contributed by atoms with Crippen molar-refractivity contribution in [3.8, 4) is 6.07 Å². The molecule has 0 saturated heterocycles. The molecule has 2 aliphatic carbocycles. The Morgan fingerprint density at radius 3 is 2.50 bits per heavy atom. The van der Waals surface area contributed by atoms with Gasteiger partial charge in [-0.25, -0.2) is 0 Å². The second kappa shape index (κ2) is 4.68. The number of anilines is 1. The molecule has 2 N–H and O–H groups in total. The van der Waals surface area contributed by atoms with Gasteiger partial charge in [-0.3, -0.25) is 0 Å². The van der Waals surface area contributed by atoms with E-state index in [1.165, 1.54) is 56.2 Å². The van der Waals surface area contributed by atoms with Crippen LogP contribution in [0.4, 0.5) is 5.82 Å². The molecule has 1 aromatic rings. The lowest BCUT2D eigenvalue weighted by molar-refractivity contribution is 0.348. The highest BCUT2D eigenvalue weighted by Gasteiger charge is 2.27. The van der Waals surface area contributed by atoms with Crippen molar-refractivity contribution in [1.29, 1.82) is 5.26 Å². The van der Waals surface area contributed by atoms with E-state index in [9.17, 15) is 5.26 Å². The van der Waals surface area contributed by atoms with E-state index in [4.69, 9.17) is 5.73 Å². The van der Waals surface area contributed by atoms with Crippen LogP contribution in [0.3, 0.4) is 0 Å². The average Bonchev–Trinajstić information content (AvgIpc) is 2.71. The summed E-state index contributed by atoms with van der Waals surface area (Å²) in [6.45, 7) is 0. The van der Waals surface area contributed by atoms with Crippen molar-refractivity contribution in [1.82, 2.24) is 4.57 Å². The molecule has 18 heavy (non-hydrogen) atoms. The molecular weight excluding hydrogens is 222 g/mol. The zero-order valence-corrected chi connectivity index (χ0v) is 10.9. The molecule has 0 bridgehead atoms. The highest BCUT2D eigenvalue weighted by atomic mass is 15.1. The van der Waals surface area contributed by atoms with Crippen molar-refractivity contribution in [3.63, 3.8) is 0 Å². The standard InChI is InChI=1S/C15H21N3/c16-10-13-12-8-4-5-9-14(12)18(15(13)17)11-6-2-1-3-7-11/h11H,1-9,17H2. The Kier molecular flexibility index (Phi) is 3.03. The average molecular weight is 243 g/mol. The molecule has 96 valence electrons. The van der Waals surface area contributed by atoms with Gasteiger partial charge in [-0.2, -0.15) is 5.26 Å². The predicted octanol–water partition coefficient (Wildman–Crippen LogP) is 3.33. The van der Waals surface area contributed by atoms with Crippen molar-refractivity contribution in [2.75, 3.05) is 5.73 Å². The van der Waals surface area contributed by atoms with Gasteiger partial charge in [0.05, 0.1) is 5.56 Å². The van der Waals surface area contributed by atoms with Gasteiger partial charge < -0.3 is 10.3 Å². The van der Waals surface area contributed by atoms with Gasteiger partial charge in [-0.15, -0.1) is 0 Å². The maximum atomic E-state index is 9.34. The molecule has 1 saturated carbocycles. The molecule has 0 radical (unpaired) electrons. The molecule has 3 nitrogen and oxygen atoms in total. The monoisotopic (exact) mass is 243 g/mol. The minimum Gasteiger partial charge on any atom is -0.384 e. The van der Waals surface area contributed by atoms with Crippen LogP contribution < -0.4 is 5.73 Å². The Balaban J connectivity index is 2.07. The topological polar surface area (TPSA) is 54.7 Å². The highest BCUT2D eigenvalue weighted by molar-refractivity contribution is 5.59. The zero-order chi connectivity index (χ0) is 12.5. The van der Waals surface area contributed by atoms with Crippen molar-refractivity contribution in [3.05, 3.63) is 16.8 Å². The maximum absolute atomic E-state index is 9.34. The molecule has 3 rings (SSSR count). The van der Waals surface area contributed by atoms with Crippen LogP contribution in [0.1, 0.15) is 67.8 Å². The number of aromatic nitrogens is 1. The fourth-order valence-corrected chi connectivity index (χ4v) is 3.73. The SMILES string of the molecule is N#Cc1c2c(n(C3CCCCC3)c1N)CCCC2. The quantitative estimate of drug-likeness (QED) is 0.822. The van der Waals surface area contributed by atoms with E-state index in [2.05, 4.69) is 10.6 Å². The van der Waals surface area contributed by atoms with Crippen LogP contribution in [0.2, 0.25) is 0 Å². The Bertz CT molecular complexity index is 487. The van der Waals surface area contributed by atoms with E-state index in [-0.39, 0.29) is 0 Å². The molecular formula is C15H21N3. The fraction of sp³-hybridized carbons (Fsp3) is 0.667. The molecule has 3 heteroatoms. The molecule has 1 fully saturated rings. The lowest BCUT2D eigenvalue weighted by Crippen LogP contribution is -2.18. The Morgan fingerprint density at radius 2 is 1.78 bits per heavy atom. The number of nitrogen functional groups attached to an aromatic ring is 1. The third-order valence-electron chi connectivity index (χ3n) is 4.60.